The number of nitro benzene ring substituents is 1. The van der Waals surface area contributed by atoms with Crippen LogP contribution in [0.2, 0.25) is 0 Å². The molecule has 0 aliphatic heterocycles. The third kappa shape index (κ3) is 1.29. The Balaban J connectivity index is 2.70. The standard InChI is InChI=1S/C7H3BrN2O3/c8-7-5-2-1-4(10(11)12)3-6(5)13-9-7/h1-3H. The highest BCUT2D eigenvalue weighted by Crippen LogP contribution is 2.26. The van der Waals surface area contributed by atoms with Crippen molar-refractivity contribution in [2.45, 2.75) is 0 Å². The minimum atomic E-state index is -0.476. The van der Waals surface area contributed by atoms with Crippen LogP contribution in [0.1, 0.15) is 0 Å². The number of nitro groups is 1. The number of nitrogens with zero attached hydrogens (tertiary/aromatic N) is 2. The highest BCUT2D eigenvalue weighted by Gasteiger charge is 2.11. The van der Waals surface area contributed by atoms with Gasteiger partial charge in [0.25, 0.3) is 5.69 Å². The first kappa shape index (κ1) is 8.18. The molecule has 0 aliphatic carbocycles. The van der Waals surface area contributed by atoms with Gasteiger partial charge < -0.3 is 4.52 Å². The number of fused-ring (bicyclic) bond motifs is 1. The number of benzene rings is 1. The van der Waals surface area contributed by atoms with Crippen molar-refractivity contribution < 1.29 is 9.45 Å². The topological polar surface area (TPSA) is 69.2 Å². The molecule has 2 rings (SSSR count). The third-order valence-corrected chi connectivity index (χ3v) is 2.19. The predicted octanol–water partition coefficient (Wildman–Crippen LogP) is 2.50. The second-order valence-corrected chi connectivity index (χ2v) is 3.16. The van der Waals surface area contributed by atoms with Gasteiger partial charge in [-0.05, 0) is 22.0 Å². The summed E-state index contributed by atoms with van der Waals surface area (Å²) < 4.78 is 5.39. The molecular formula is C7H3BrN2O3. The van der Waals surface area contributed by atoms with E-state index in [0.29, 0.717) is 10.2 Å². The van der Waals surface area contributed by atoms with Crippen molar-refractivity contribution in [3.8, 4) is 0 Å². The molecule has 0 saturated heterocycles. The summed E-state index contributed by atoms with van der Waals surface area (Å²) in [5, 5.41) is 14.7. The van der Waals surface area contributed by atoms with Gasteiger partial charge in [0.2, 0.25) is 0 Å². The fraction of sp³-hybridized carbons (Fsp3) is 0. The first-order valence-electron chi connectivity index (χ1n) is 3.38. The third-order valence-electron chi connectivity index (χ3n) is 1.62. The largest absolute Gasteiger partial charge is 0.355 e. The lowest BCUT2D eigenvalue weighted by Crippen LogP contribution is -1.85. The van der Waals surface area contributed by atoms with E-state index in [2.05, 4.69) is 21.1 Å². The Kier molecular flexibility index (Phi) is 1.77. The maximum atomic E-state index is 10.4. The fourth-order valence-electron chi connectivity index (χ4n) is 1.01. The lowest BCUT2D eigenvalue weighted by atomic mass is 10.2. The van der Waals surface area contributed by atoms with Crippen LogP contribution in [0.15, 0.2) is 27.3 Å². The minimum Gasteiger partial charge on any atom is -0.355 e. The van der Waals surface area contributed by atoms with Gasteiger partial charge in [-0.2, -0.15) is 0 Å². The smallest absolute Gasteiger partial charge is 0.273 e. The predicted molar refractivity (Wildman–Crippen MR) is 48.4 cm³/mol. The van der Waals surface area contributed by atoms with Crippen LogP contribution in [0, 0.1) is 10.1 Å². The Labute approximate surface area is 80.6 Å². The molecular weight excluding hydrogens is 240 g/mol. The first-order chi connectivity index (χ1) is 6.18. The second kappa shape index (κ2) is 2.81. The number of aromatic nitrogens is 1. The molecule has 0 radical (unpaired) electrons. The van der Waals surface area contributed by atoms with Crippen molar-refractivity contribution >= 4 is 32.6 Å². The highest BCUT2D eigenvalue weighted by molar-refractivity contribution is 9.10. The van der Waals surface area contributed by atoms with Crippen molar-refractivity contribution in [3.63, 3.8) is 0 Å². The molecule has 0 fully saturated rings. The fourth-order valence-corrected chi connectivity index (χ4v) is 1.41. The molecule has 0 amide bonds. The molecule has 1 aromatic heterocycles. The van der Waals surface area contributed by atoms with E-state index in [1.807, 2.05) is 0 Å². The molecule has 1 heterocycles. The van der Waals surface area contributed by atoms with Crippen molar-refractivity contribution in [1.82, 2.24) is 5.16 Å². The number of halogens is 1. The van der Waals surface area contributed by atoms with Crippen molar-refractivity contribution in [2.75, 3.05) is 0 Å². The van der Waals surface area contributed by atoms with Gasteiger partial charge in [0.15, 0.2) is 10.2 Å². The molecule has 2 aromatic rings. The molecule has 5 nitrogen and oxygen atoms in total. The van der Waals surface area contributed by atoms with E-state index in [-0.39, 0.29) is 5.69 Å². The van der Waals surface area contributed by atoms with E-state index in [1.54, 1.807) is 6.07 Å². The van der Waals surface area contributed by atoms with E-state index in [1.165, 1.54) is 12.1 Å². The summed E-state index contributed by atoms with van der Waals surface area (Å²) in [7, 11) is 0. The van der Waals surface area contributed by atoms with Crippen LogP contribution in [0.3, 0.4) is 0 Å². The molecule has 0 spiro atoms. The monoisotopic (exact) mass is 242 g/mol. The molecule has 1 aromatic carbocycles. The molecule has 0 aliphatic rings. The maximum absolute atomic E-state index is 10.4. The molecule has 0 N–H and O–H groups in total. The number of hydrogen-bond donors (Lipinski definition) is 0. The maximum Gasteiger partial charge on any atom is 0.273 e. The van der Waals surface area contributed by atoms with Crippen molar-refractivity contribution in [3.05, 3.63) is 32.9 Å². The van der Waals surface area contributed by atoms with E-state index in [0.717, 1.165) is 5.39 Å². The lowest BCUT2D eigenvalue weighted by Gasteiger charge is -1.88. The van der Waals surface area contributed by atoms with Crippen molar-refractivity contribution in [1.29, 1.82) is 0 Å². The van der Waals surface area contributed by atoms with Gasteiger partial charge in [0.1, 0.15) is 0 Å². The van der Waals surface area contributed by atoms with Crippen LogP contribution in [-0.4, -0.2) is 10.1 Å². The van der Waals surface area contributed by atoms with Crippen molar-refractivity contribution in [2.24, 2.45) is 0 Å². The Morgan fingerprint density at radius 3 is 3.00 bits per heavy atom. The Hall–Kier alpha value is -1.43. The zero-order valence-corrected chi connectivity index (χ0v) is 7.82. The lowest BCUT2D eigenvalue weighted by molar-refractivity contribution is -0.384. The summed E-state index contributed by atoms with van der Waals surface area (Å²) in [6.45, 7) is 0. The van der Waals surface area contributed by atoms with Gasteiger partial charge in [-0.15, -0.1) is 0 Å². The molecule has 6 heteroatoms. The van der Waals surface area contributed by atoms with Crippen LogP contribution in [0.5, 0.6) is 0 Å². The summed E-state index contributed by atoms with van der Waals surface area (Å²) >= 11 is 3.15. The van der Waals surface area contributed by atoms with E-state index >= 15 is 0 Å². The molecule has 66 valence electrons. The van der Waals surface area contributed by atoms with Gasteiger partial charge in [0.05, 0.1) is 16.4 Å². The highest BCUT2D eigenvalue weighted by atomic mass is 79.9. The second-order valence-electron chi connectivity index (χ2n) is 2.41. The normalized spacial score (nSPS) is 10.5. The Bertz CT molecular complexity index is 480. The van der Waals surface area contributed by atoms with Crippen LogP contribution < -0.4 is 0 Å². The zero-order chi connectivity index (χ0) is 9.42. The summed E-state index contributed by atoms with van der Waals surface area (Å²) in [6.07, 6.45) is 0. The number of hydrogen-bond acceptors (Lipinski definition) is 4. The summed E-state index contributed by atoms with van der Waals surface area (Å²) in [4.78, 5) is 9.91. The molecule has 13 heavy (non-hydrogen) atoms. The van der Waals surface area contributed by atoms with Crippen LogP contribution in [0.4, 0.5) is 5.69 Å². The van der Waals surface area contributed by atoms with Gasteiger partial charge in [0, 0.05) is 6.07 Å². The Morgan fingerprint density at radius 1 is 1.54 bits per heavy atom. The average molecular weight is 243 g/mol. The number of non-ortho nitro benzene ring substituents is 1. The average Bonchev–Trinajstić information content (AvgIpc) is 2.47. The molecule has 0 bridgehead atoms. The van der Waals surface area contributed by atoms with E-state index < -0.39 is 4.92 Å². The quantitative estimate of drug-likeness (QED) is 0.569. The van der Waals surface area contributed by atoms with Gasteiger partial charge >= 0.3 is 0 Å². The Morgan fingerprint density at radius 2 is 2.31 bits per heavy atom. The van der Waals surface area contributed by atoms with Gasteiger partial charge in [-0.3, -0.25) is 10.1 Å². The summed E-state index contributed by atoms with van der Waals surface area (Å²) in [5.74, 6) is 0. The van der Waals surface area contributed by atoms with E-state index in [4.69, 9.17) is 4.52 Å². The van der Waals surface area contributed by atoms with Crippen LogP contribution >= 0.6 is 15.9 Å². The molecule has 0 atom stereocenters. The number of rotatable bonds is 1. The van der Waals surface area contributed by atoms with Gasteiger partial charge in [-0.25, -0.2) is 0 Å². The minimum absolute atomic E-state index is 0.00356. The van der Waals surface area contributed by atoms with Crippen LogP contribution in [-0.2, 0) is 0 Å². The molecule has 0 saturated carbocycles. The first-order valence-corrected chi connectivity index (χ1v) is 4.17. The molecule has 0 unspecified atom stereocenters. The summed E-state index contributed by atoms with van der Waals surface area (Å²) in [5.41, 5.74) is 0.400. The summed E-state index contributed by atoms with van der Waals surface area (Å²) in [6, 6.07) is 4.34. The SMILES string of the molecule is O=[N+]([O-])c1ccc2c(Br)noc2c1. The van der Waals surface area contributed by atoms with Crippen LogP contribution in [0.25, 0.3) is 11.0 Å². The zero-order valence-electron chi connectivity index (χ0n) is 6.23. The van der Waals surface area contributed by atoms with Gasteiger partial charge in [-0.1, -0.05) is 5.16 Å². The van der Waals surface area contributed by atoms with E-state index in [9.17, 15) is 10.1 Å².